The van der Waals surface area contributed by atoms with Gasteiger partial charge in [0.05, 0.1) is 39.9 Å². The number of pyridine rings is 4. The summed E-state index contributed by atoms with van der Waals surface area (Å²) in [6.07, 6.45) is 3.56. The topological polar surface area (TPSA) is 82.3 Å². The van der Waals surface area contributed by atoms with Crippen LogP contribution in [0.15, 0.2) is 200 Å². The Morgan fingerprint density at radius 2 is 0.712 bits per heavy atom. The molecule has 0 radical (unpaired) electrons. The Morgan fingerprint density at radius 1 is 0.305 bits per heavy atom. The lowest BCUT2D eigenvalue weighted by Gasteiger charge is -2.17. The first-order valence-corrected chi connectivity index (χ1v) is 19.5. The second-order valence-electron chi connectivity index (χ2n) is 14.3. The van der Waals surface area contributed by atoms with Gasteiger partial charge in [-0.15, -0.1) is 10.2 Å². The molecule has 0 unspecified atom stereocenters. The molecule has 11 aromatic rings. The monoisotopic (exact) mass is 755 g/mol. The Hall–Kier alpha value is -8.16. The normalized spacial score (nSPS) is 11.4. The molecular formula is C52H33N7. The zero-order valence-corrected chi connectivity index (χ0v) is 31.7. The minimum absolute atomic E-state index is 0.718. The summed E-state index contributed by atoms with van der Waals surface area (Å²) in [5.74, 6) is 0. The molecule has 11 rings (SSSR count). The van der Waals surface area contributed by atoms with Gasteiger partial charge in [0.15, 0.2) is 0 Å². The van der Waals surface area contributed by atoms with Gasteiger partial charge in [-0.25, -0.2) is 9.97 Å². The number of nitrogens with zero attached hydrogens (tertiary/aromatic N) is 7. The lowest BCUT2D eigenvalue weighted by Crippen LogP contribution is -1.98. The molecule has 0 fully saturated rings. The average Bonchev–Trinajstić information content (AvgIpc) is 3.77. The van der Waals surface area contributed by atoms with Crippen LogP contribution in [-0.2, 0) is 0 Å². The molecule has 0 aliphatic heterocycles. The molecule has 0 saturated heterocycles. The summed E-state index contributed by atoms with van der Waals surface area (Å²) in [4.78, 5) is 20.9. The molecule has 276 valence electrons. The Balaban J connectivity index is 1.06. The van der Waals surface area contributed by atoms with E-state index in [1.807, 2.05) is 72.8 Å². The number of benzene rings is 6. The molecule has 7 heteroatoms. The summed E-state index contributed by atoms with van der Waals surface area (Å²) in [6.45, 7) is 0. The quantitative estimate of drug-likeness (QED) is 0.151. The van der Waals surface area contributed by atoms with E-state index in [1.54, 1.807) is 17.2 Å². The van der Waals surface area contributed by atoms with Crippen molar-refractivity contribution in [2.24, 2.45) is 0 Å². The third-order valence-electron chi connectivity index (χ3n) is 10.8. The number of hydrogen-bond acceptors (Lipinski definition) is 6. The lowest BCUT2D eigenvalue weighted by atomic mass is 9.86. The number of rotatable bonds is 7. The van der Waals surface area contributed by atoms with Gasteiger partial charge in [-0.05, 0) is 117 Å². The summed E-state index contributed by atoms with van der Waals surface area (Å²) in [5, 5.41) is 15.2. The van der Waals surface area contributed by atoms with Crippen molar-refractivity contribution in [2.45, 2.75) is 0 Å². The van der Waals surface area contributed by atoms with Crippen LogP contribution in [0.2, 0.25) is 0 Å². The van der Waals surface area contributed by atoms with Crippen LogP contribution in [0.25, 0.3) is 106 Å². The second kappa shape index (κ2) is 14.4. The average molecular weight is 756 g/mol. The minimum atomic E-state index is 0.718. The summed E-state index contributed by atoms with van der Waals surface area (Å²) < 4.78 is 0. The van der Waals surface area contributed by atoms with Gasteiger partial charge in [-0.2, -0.15) is 4.80 Å². The van der Waals surface area contributed by atoms with Crippen molar-refractivity contribution in [1.82, 2.24) is 34.9 Å². The van der Waals surface area contributed by atoms with E-state index in [-0.39, 0.29) is 0 Å². The molecule has 59 heavy (non-hydrogen) atoms. The molecule has 6 aromatic carbocycles. The van der Waals surface area contributed by atoms with Crippen molar-refractivity contribution >= 4 is 32.6 Å². The van der Waals surface area contributed by atoms with Crippen LogP contribution < -0.4 is 0 Å². The van der Waals surface area contributed by atoms with E-state index in [0.717, 1.165) is 67.6 Å². The highest BCUT2D eigenvalue weighted by atomic mass is 15.5. The molecule has 0 aliphatic rings. The van der Waals surface area contributed by atoms with E-state index in [4.69, 9.17) is 20.2 Å². The smallest absolute Gasteiger partial charge is 0.123 e. The molecule has 5 heterocycles. The maximum Gasteiger partial charge on any atom is 0.123 e. The first-order chi connectivity index (χ1) is 29.3. The number of fused-ring (bicyclic) bond motifs is 3. The molecule has 0 atom stereocenters. The Labute approximate surface area is 340 Å². The summed E-state index contributed by atoms with van der Waals surface area (Å²) in [7, 11) is 0. The van der Waals surface area contributed by atoms with Crippen molar-refractivity contribution in [3.05, 3.63) is 200 Å². The van der Waals surface area contributed by atoms with Crippen LogP contribution in [0.4, 0.5) is 0 Å². The predicted octanol–water partition coefficient (Wildman–Crippen LogP) is 12.3. The zero-order chi connectivity index (χ0) is 39.1. The van der Waals surface area contributed by atoms with Crippen LogP contribution in [0, 0.1) is 0 Å². The molecule has 0 saturated carbocycles. The molecule has 0 bridgehead atoms. The minimum Gasteiger partial charge on any atom is -0.255 e. The maximum atomic E-state index is 5.19. The Bertz CT molecular complexity index is 3130. The van der Waals surface area contributed by atoms with Crippen molar-refractivity contribution in [3.8, 4) is 73.2 Å². The van der Waals surface area contributed by atoms with Crippen molar-refractivity contribution < 1.29 is 0 Å². The highest BCUT2D eigenvalue weighted by Gasteiger charge is 2.20. The summed E-state index contributed by atoms with van der Waals surface area (Å²) in [5.41, 5.74) is 13.5. The zero-order valence-electron chi connectivity index (χ0n) is 31.7. The molecule has 0 aliphatic carbocycles. The Kier molecular flexibility index (Phi) is 8.33. The largest absolute Gasteiger partial charge is 0.255 e. The van der Waals surface area contributed by atoms with Gasteiger partial charge in [0.25, 0.3) is 0 Å². The molecule has 0 spiro atoms. The lowest BCUT2D eigenvalue weighted by molar-refractivity contribution is 0.766. The van der Waals surface area contributed by atoms with E-state index in [2.05, 4.69) is 125 Å². The maximum absolute atomic E-state index is 5.19. The van der Waals surface area contributed by atoms with E-state index >= 15 is 0 Å². The van der Waals surface area contributed by atoms with Gasteiger partial charge >= 0.3 is 0 Å². The number of aromatic nitrogens is 7. The standard InChI is InChI=1S/C52H33N7/c1-2-14-34(15-3-1)49-37-16-4-6-18-39(37)50(40-19-7-5-17-38(40)49)35-26-28-36(29-27-35)59-57-51-41(43-22-12-24-47(55-43)45-20-8-10-32-53-45)30-31-42(52(51)58-59)44-23-13-25-48(56-44)46-21-9-11-33-54-46/h1-33H. The van der Waals surface area contributed by atoms with E-state index < -0.39 is 0 Å². The van der Waals surface area contributed by atoms with E-state index in [1.165, 1.54) is 38.2 Å². The second-order valence-corrected chi connectivity index (χ2v) is 14.3. The van der Waals surface area contributed by atoms with Crippen LogP contribution in [0.5, 0.6) is 0 Å². The predicted molar refractivity (Wildman–Crippen MR) is 238 cm³/mol. The third-order valence-corrected chi connectivity index (χ3v) is 10.8. The highest BCUT2D eigenvalue weighted by Crippen LogP contribution is 2.44. The fourth-order valence-electron chi connectivity index (χ4n) is 8.12. The molecule has 5 aromatic heterocycles. The molecule has 0 N–H and O–H groups in total. The molecule has 0 amide bonds. The molecular weight excluding hydrogens is 723 g/mol. The van der Waals surface area contributed by atoms with Crippen LogP contribution >= 0.6 is 0 Å². The van der Waals surface area contributed by atoms with E-state index in [0.29, 0.717) is 0 Å². The SMILES string of the molecule is c1ccc(-c2c3ccccc3c(-c3ccc(-n4nc5c(-c6cccc(-c7ccccn7)n6)ccc(-c6cccc(-c7ccccn7)n6)c5n4)cc3)c3ccccc23)cc1. The van der Waals surface area contributed by atoms with Gasteiger partial charge in [0.1, 0.15) is 11.0 Å². The first kappa shape index (κ1) is 34.1. The van der Waals surface area contributed by atoms with Gasteiger partial charge in [0, 0.05) is 23.5 Å². The summed E-state index contributed by atoms with van der Waals surface area (Å²) >= 11 is 0. The van der Waals surface area contributed by atoms with Crippen molar-refractivity contribution in [3.63, 3.8) is 0 Å². The van der Waals surface area contributed by atoms with Crippen LogP contribution in [-0.4, -0.2) is 34.9 Å². The first-order valence-electron chi connectivity index (χ1n) is 19.5. The van der Waals surface area contributed by atoms with Gasteiger partial charge in [-0.3, -0.25) is 9.97 Å². The van der Waals surface area contributed by atoms with Gasteiger partial charge in [0.2, 0.25) is 0 Å². The summed E-state index contributed by atoms with van der Waals surface area (Å²) in [6, 6.07) is 64.5. The van der Waals surface area contributed by atoms with Gasteiger partial charge < -0.3 is 0 Å². The van der Waals surface area contributed by atoms with Crippen LogP contribution in [0.3, 0.4) is 0 Å². The fraction of sp³-hybridized carbons (Fsp3) is 0. The number of hydrogen-bond donors (Lipinski definition) is 0. The van der Waals surface area contributed by atoms with Crippen molar-refractivity contribution in [2.75, 3.05) is 0 Å². The Morgan fingerprint density at radius 3 is 1.17 bits per heavy atom. The van der Waals surface area contributed by atoms with Gasteiger partial charge in [-0.1, -0.05) is 115 Å². The van der Waals surface area contributed by atoms with Crippen LogP contribution in [0.1, 0.15) is 0 Å². The third kappa shape index (κ3) is 6.09. The molecule has 7 nitrogen and oxygen atoms in total. The van der Waals surface area contributed by atoms with E-state index in [9.17, 15) is 0 Å². The highest BCUT2D eigenvalue weighted by molar-refractivity contribution is 6.21. The van der Waals surface area contributed by atoms with Crippen molar-refractivity contribution in [1.29, 1.82) is 0 Å². The fourth-order valence-corrected chi connectivity index (χ4v) is 8.12.